The molecule has 1 fully saturated rings. The highest BCUT2D eigenvalue weighted by Gasteiger charge is 2.29. The van der Waals surface area contributed by atoms with Crippen LogP contribution in [-0.4, -0.2) is 21.4 Å². The van der Waals surface area contributed by atoms with Crippen LogP contribution in [0.2, 0.25) is 0 Å². The van der Waals surface area contributed by atoms with Crippen LogP contribution in [0.5, 0.6) is 0 Å². The molecule has 0 spiro atoms. The minimum Gasteiger partial charge on any atom is -0.378 e. The van der Waals surface area contributed by atoms with Crippen LogP contribution in [0.3, 0.4) is 0 Å². The molecule has 2 N–H and O–H groups in total. The van der Waals surface area contributed by atoms with Gasteiger partial charge in [-0.15, -0.1) is 0 Å². The first kappa shape index (κ1) is 14.2. The highest BCUT2D eigenvalue weighted by Crippen LogP contribution is 2.35. The molecule has 1 aliphatic heterocycles. The molecule has 0 aliphatic carbocycles. The molecule has 1 atom stereocenters. The first-order valence-corrected chi connectivity index (χ1v) is 7.16. The first-order chi connectivity index (χ1) is 10.6. The average Bonchev–Trinajstić information content (AvgIpc) is 2.97. The Balaban J connectivity index is 1.91. The van der Waals surface area contributed by atoms with Crippen molar-refractivity contribution in [3.05, 3.63) is 51.7 Å². The zero-order valence-electron chi connectivity index (χ0n) is 12.3. The summed E-state index contributed by atoms with van der Waals surface area (Å²) in [6, 6.07) is 8.55. The van der Waals surface area contributed by atoms with E-state index in [0.29, 0.717) is 5.95 Å². The third-order valence-electron chi connectivity index (χ3n) is 3.95. The van der Waals surface area contributed by atoms with E-state index in [9.17, 15) is 10.1 Å². The van der Waals surface area contributed by atoms with Crippen molar-refractivity contribution in [2.75, 3.05) is 17.2 Å². The third kappa shape index (κ3) is 2.57. The molecular formula is C15H17N5O2. The van der Waals surface area contributed by atoms with Gasteiger partial charge in [0, 0.05) is 6.54 Å². The summed E-state index contributed by atoms with van der Waals surface area (Å²) in [6.07, 6.45) is 3.21. The number of nitrogens with two attached hydrogens (primary N) is 1. The molecule has 1 aliphatic rings. The number of nitrogens with zero attached hydrogens (tertiary/aromatic N) is 4. The number of rotatable bonds is 3. The molecule has 1 aromatic carbocycles. The van der Waals surface area contributed by atoms with E-state index in [4.69, 9.17) is 5.73 Å². The lowest BCUT2D eigenvalue weighted by Gasteiger charge is -2.25. The highest BCUT2D eigenvalue weighted by atomic mass is 16.6. The Hall–Kier alpha value is -2.70. The van der Waals surface area contributed by atoms with E-state index < -0.39 is 4.92 Å². The number of aromatic nitrogens is 2. The van der Waals surface area contributed by atoms with Crippen LogP contribution in [0.15, 0.2) is 30.5 Å². The van der Waals surface area contributed by atoms with Crippen molar-refractivity contribution < 1.29 is 4.92 Å². The van der Waals surface area contributed by atoms with Gasteiger partial charge in [-0.1, -0.05) is 29.8 Å². The number of nitrogen functional groups attached to an aromatic ring is 1. The van der Waals surface area contributed by atoms with E-state index in [1.54, 1.807) is 0 Å². The van der Waals surface area contributed by atoms with Crippen LogP contribution in [0.4, 0.5) is 17.5 Å². The predicted octanol–water partition coefficient (Wildman–Crippen LogP) is 2.62. The molecular weight excluding hydrogens is 282 g/mol. The molecule has 114 valence electrons. The Kier molecular flexibility index (Phi) is 3.62. The Morgan fingerprint density at radius 2 is 2.09 bits per heavy atom. The fourth-order valence-corrected chi connectivity index (χ4v) is 2.80. The zero-order chi connectivity index (χ0) is 15.7. The smallest absolute Gasteiger partial charge is 0.329 e. The van der Waals surface area contributed by atoms with Crippen molar-refractivity contribution in [1.29, 1.82) is 0 Å². The SMILES string of the molecule is Cc1ccc(C2CCCN2c2ncc([N+](=O)[O-])c(N)n2)cc1. The Morgan fingerprint density at radius 1 is 1.36 bits per heavy atom. The van der Waals surface area contributed by atoms with Crippen molar-refractivity contribution in [2.24, 2.45) is 0 Å². The van der Waals surface area contributed by atoms with Gasteiger partial charge in [0.2, 0.25) is 11.8 Å². The minimum absolute atomic E-state index is 0.0930. The van der Waals surface area contributed by atoms with Gasteiger partial charge in [0.05, 0.1) is 11.0 Å². The van der Waals surface area contributed by atoms with Crippen LogP contribution < -0.4 is 10.6 Å². The lowest BCUT2D eigenvalue weighted by Crippen LogP contribution is -2.25. The molecule has 7 heteroatoms. The van der Waals surface area contributed by atoms with Gasteiger partial charge in [0.25, 0.3) is 0 Å². The van der Waals surface area contributed by atoms with Gasteiger partial charge in [-0.05, 0) is 25.3 Å². The second-order valence-corrected chi connectivity index (χ2v) is 5.46. The molecule has 2 aromatic rings. The molecule has 22 heavy (non-hydrogen) atoms. The molecule has 1 aromatic heterocycles. The van der Waals surface area contributed by atoms with Crippen LogP contribution in [-0.2, 0) is 0 Å². The quantitative estimate of drug-likeness (QED) is 0.691. The molecule has 0 saturated carbocycles. The Labute approximate surface area is 127 Å². The van der Waals surface area contributed by atoms with E-state index in [1.807, 2.05) is 0 Å². The lowest BCUT2D eigenvalue weighted by molar-refractivity contribution is -0.384. The van der Waals surface area contributed by atoms with E-state index in [2.05, 4.69) is 46.1 Å². The molecule has 0 radical (unpaired) electrons. The predicted molar refractivity (Wildman–Crippen MR) is 83.6 cm³/mol. The Bertz CT molecular complexity index is 702. The van der Waals surface area contributed by atoms with Crippen LogP contribution in [0.1, 0.15) is 30.0 Å². The molecule has 1 saturated heterocycles. The van der Waals surface area contributed by atoms with E-state index in [-0.39, 0.29) is 17.5 Å². The maximum absolute atomic E-state index is 10.8. The average molecular weight is 299 g/mol. The highest BCUT2D eigenvalue weighted by molar-refractivity contribution is 5.54. The second-order valence-electron chi connectivity index (χ2n) is 5.46. The Morgan fingerprint density at radius 3 is 2.73 bits per heavy atom. The third-order valence-corrected chi connectivity index (χ3v) is 3.95. The molecule has 3 rings (SSSR count). The first-order valence-electron chi connectivity index (χ1n) is 7.16. The zero-order valence-corrected chi connectivity index (χ0v) is 12.3. The summed E-state index contributed by atoms with van der Waals surface area (Å²) < 4.78 is 0. The number of aryl methyl sites for hydroxylation is 1. The van der Waals surface area contributed by atoms with Crippen LogP contribution >= 0.6 is 0 Å². The van der Waals surface area contributed by atoms with Gasteiger partial charge in [0.1, 0.15) is 6.20 Å². The number of nitro groups is 1. The van der Waals surface area contributed by atoms with Gasteiger partial charge in [-0.25, -0.2) is 4.98 Å². The summed E-state index contributed by atoms with van der Waals surface area (Å²) >= 11 is 0. The molecule has 7 nitrogen and oxygen atoms in total. The molecule has 0 bridgehead atoms. The van der Waals surface area contributed by atoms with E-state index in [1.165, 1.54) is 17.3 Å². The fourth-order valence-electron chi connectivity index (χ4n) is 2.80. The molecule has 0 amide bonds. The lowest BCUT2D eigenvalue weighted by atomic mass is 10.0. The monoisotopic (exact) mass is 299 g/mol. The molecule has 1 unspecified atom stereocenters. The second kappa shape index (κ2) is 5.59. The van der Waals surface area contributed by atoms with Crippen LogP contribution in [0, 0.1) is 17.0 Å². The maximum atomic E-state index is 10.8. The number of anilines is 2. The van der Waals surface area contributed by atoms with Gasteiger partial charge in [-0.3, -0.25) is 10.1 Å². The van der Waals surface area contributed by atoms with Gasteiger partial charge < -0.3 is 10.6 Å². The largest absolute Gasteiger partial charge is 0.378 e. The number of hydrogen-bond donors (Lipinski definition) is 1. The fraction of sp³-hybridized carbons (Fsp3) is 0.333. The van der Waals surface area contributed by atoms with Crippen molar-refractivity contribution in [3.8, 4) is 0 Å². The van der Waals surface area contributed by atoms with Crippen molar-refractivity contribution in [1.82, 2.24) is 9.97 Å². The van der Waals surface area contributed by atoms with Gasteiger partial charge in [0.15, 0.2) is 0 Å². The van der Waals surface area contributed by atoms with E-state index >= 15 is 0 Å². The summed E-state index contributed by atoms with van der Waals surface area (Å²) in [7, 11) is 0. The van der Waals surface area contributed by atoms with Crippen molar-refractivity contribution >= 4 is 17.5 Å². The molecule has 2 heterocycles. The summed E-state index contributed by atoms with van der Waals surface area (Å²) in [6.45, 7) is 2.87. The number of benzene rings is 1. The minimum atomic E-state index is -0.569. The summed E-state index contributed by atoms with van der Waals surface area (Å²) in [5, 5.41) is 10.8. The van der Waals surface area contributed by atoms with Gasteiger partial charge in [-0.2, -0.15) is 4.98 Å². The maximum Gasteiger partial charge on any atom is 0.329 e. The van der Waals surface area contributed by atoms with Crippen molar-refractivity contribution in [2.45, 2.75) is 25.8 Å². The summed E-state index contributed by atoms with van der Waals surface area (Å²) in [5.41, 5.74) is 7.83. The van der Waals surface area contributed by atoms with Crippen molar-refractivity contribution in [3.63, 3.8) is 0 Å². The van der Waals surface area contributed by atoms with Gasteiger partial charge >= 0.3 is 5.69 Å². The topological polar surface area (TPSA) is 98.2 Å². The van der Waals surface area contributed by atoms with E-state index in [0.717, 1.165) is 19.4 Å². The standard InChI is InChI=1S/C15H17N5O2/c1-10-4-6-11(7-5-10)12-3-2-8-19(12)15-17-9-13(20(21)22)14(16)18-15/h4-7,9,12H,2-3,8H2,1H3,(H2,16,17,18). The normalized spacial score (nSPS) is 17.7. The van der Waals surface area contributed by atoms with Crippen LogP contribution in [0.25, 0.3) is 0 Å². The summed E-state index contributed by atoms with van der Waals surface area (Å²) in [4.78, 5) is 20.5. The summed E-state index contributed by atoms with van der Waals surface area (Å²) in [5.74, 6) is 0.357. The number of hydrogen-bond acceptors (Lipinski definition) is 6.